The van der Waals surface area contributed by atoms with E-state index in [1.165, 1.54) is 5.57 Å². The zero-order valence-electron chi connectivity index (χ0n) is 12.7. The highest BCUT2D eigenvalue weighted by Gasteiger charge is 2.23. The maximum Gasteiger partial charge on any atom is 0.410 e. The number of hydrogen-bond donors (Lipinski definition) is 2. The molecule has 2 N–H and O–H groups in total. The van der Waals surface area contributed by atoms with Gasteiger partial charge in [0.15, 0.2) is 0 Å². The van der Waals surface area contributed by atoms with Gasteiger partial charge in [-0.2, -0.15) is 0 Å². The summed E-state index contributed by atoms with van der Waals surface area (Å²) >= 11 is 0. The zero-order chi connectivity index (χ0) is 15.5. The first kappa shape index (κ1) is 15.4. The first-order chi connectivity index (χ1) is 9.89. The number of ether oxygens (including phenoxy) is 1. The third-order valence-electron chi connectivity index (χ3n) is 3.22. The molecule has 1 heterocycles. The van der Waals surface area contributed by atoms with Crippen LogP contribution in [0.4, 0.5) is 10.5 Å². The number of benzene rings is 1. The highest BCUT2D eigenvalue weighted by molar-refractivity contribution is 5.73. The third kappa shape index (κ3) is 4.23. The van der Waals surface area contributed by atoms with E-state index in [1.807, 2.05) is 45.0 Å². The number of carbonyl (C=O) groups excluding carboxylic acids is 1. The fraction of sp³-hybridized carbons (Fsp3) is 0.438. The molecule has 1 aliphatic heterocycles. The molecular formula is C16H22N2O3. The predicted octanol–water partition coefficient (Wildman–Crippen LogP) is 3.51. The van der Waals surface area contributed by atoms with Crippen LogP contribution >= 0.6 is 0 Å². The van der Waals surface area contributed by atoms with Gasteiger partial charge in [-0.15, -0.1) is 0 Å². The molecule has 1 aliphatic rings. The van der Waals surface area contributed by atoms with Crippen molar-refractivity contribution in [1.82, 2.24) is 4.90 Å². The predicted molar refractivity (Wildman–Crippen MR) is 82.3 cm³/mol. The second-order valence-corrected chi connectivity index (χ2v) is 6.10. The molecule has 21 heavy (non-hydrogen) atoms. The molecule has 1 aromatic carbocycles. The number of carbonyl (C=O) groups is 1. The normalized spacial score (nSPS) is 15.4. The molecule has 5 heteroatoms. The van der Waals surface area contributed by atoms with Crippen molar-refractivity contribution in [2.45, 2.75) is 32.8 Å². The number of nitrogens with one attached hydrogen (secondary N) is 1. The van der Waals surface area contributed by atoms with E-state index in [0.29, 0.717) is 18.8 Å². The van der Waals surface area contributed by atoms with Gasteiger partial charge < -0.3 is 9.64 Å². The van der Waals surface area contributed by atoms with Crippen LogP contribution in [0.3, 0.4) is 0 Å². The summed E-state index contributed by atoms with van der Waals surface area (Å²) in [6, 6.07) is 7.56. The summed E-state index contributed by atoms with van der Waals surface area (Å²) in [4.78, 5) is 13.7. The van der Waals surface area contributed by atoms with Gasteiger partial charge in [-0.05, 0) is 50.5 Å². The Balaban J connectivity index is 2.03. The summed E-state index contributed by atoms with van der Waals surface area (Å²) in [6.07, 6.45) is 2.53. The summed E-state index contributed by atoms with van der Waals surface area (Å²) in [7, 11) is 0. The third-order valence-corrected chi connectivity index (χ3v) is 3.22. The Hall–Kier alpha value is -2.01. The SMILES string of the molecule is CC(C)(C)OC(=O)N1CC=C(c2cccc(NO)c2)CC1. The molecule has 0 saturated heterocycles. The van der Waals surface area contributed by atoms with Gasteiger partial charge in [0, 0.05) is 13.1 Å². The average Bonchev–Trinajstić information content (AvgIpc) is 2.46. The van der Waals surface area contributed by atoms with Crippen LogP contribution in [0.5, 0.6) is 0 Å². The summed E-state index contributed by atoms with van der Waals surface area (Å²) in [5.41, 5.74) is 4.56. The molecule has 1 amide bonds. The van der Waals surface area contributed by atoms with E-state index in [9.17, 15) is 4.79 Å². The quantitative estimate of drug-likeness (QED) is 0.818. The van der Waals surface area contributed by atoms with E-state index in [4.69, 9.17) is 9.94 Å². The molecular weight excluding hydrogens is 268 g/mol. The van der Waals surface area contributed by atoms with Crippen molar-refractivity contribution in [1.29, 1.82) is 0 Å². The number of hydrogen-bond acceptors (Lipinski definition) is 4. The van der Waals surface area contributed by atoms with E-state index in [1.54, 1.807) is 11.0 Å². The summed E-state index contributed by atoms with van der Waals surface area (Å²) < 4.78 is 5.37. The highest BCUT2D eigenvalue weighted by Crippen LogP contribution is 2.25. The molecule has 0 aromatic heterocycles. The Labute approximate surface area is 125 Å². The highest BCUT2D eigenvalue weighted by atomic mass is 16.6. The van der Waals surface area contributed by atoms with Crippen LogP contribution in [-0.4, -0.2) is 34.9 Å². The average molecular weight is 290 g/mol. The lowest BCUT2D eigenvalue weighted by Gasteiger charge is -2.29. The van der Waals surface area contributed by atoms with E-state index in [2.05, 4.69) is 5.48 Å². The Morgan fingerprint density at radius 3 is 2.71 bits per heavy atom. The van der Waals surface area contributed by atoms with Crippen LogP contribution < -0.4 is 5.48 Å². The van der Waals surface area contributed by atoms with Gasteiger partial charge in [-0.1, -0.05) is 18.2 Å². The van der Waals surface area contributed by atoms with Crippen LogP contribution in [0.15, 0.2) is 30.3 Å². The maximum atomic E-state index is 12.0. The molecule has 1 aromatic rings. The van der Waals surface area contributed by atoms with Gasteiger partial charge in [0.2, 0.25) is 0 Å². The minimum atomic E-state index is -0.470. The monoisotopic (exact) mass is 290 g/mol. The Morgan fingerprint density at radius 1 is 1.38 bits per heavy atom. The molecule has 0 atom stereocenters. The molecule has 0 radical (unpaired) electrons. The lowest BCUT2D eigenvalue weighted by molar-refractivity contribution is 0.0270. The van der Waals surface area contributed by atoms with Crippen molar-refractivity contribution in [3.8, 4) is 0 Å². The van der Waals surface area contributed by atoms with Crippen molar-refractivity contribution in [2.75, 3.05) is 18.6 Å². The Kier molecular flexibility index (Phi) is 4.53. The van der Waals surface area contributed by atoms with E-state index < -0.39 is 5.60 Å². The number of nitrogens with zero attached hydrogens (tertiary/aromatic N) is 1. The Bertz CT molecular complexity index is 547. The van der Waals surface area contributed by atoms with Crippen molar-refractivity contribution in [2.24, 2.45) is 0 Å². The first-order valence-corrected chi connectivity index (χ1v) is 7.06. The van der Waals surface area contributed by atoms with Crippen molar-refractivity contribution in [3.05, 3.63) is 35.9 Å². The molecule has 0 spiro atoms. The summed E-state index contributed by atoms with van der Waals surface area (Å²) in [6.45, 7) is 6.77. The van der Waals surface area contributed by atoms with Crippen LogP contribution in [-0.2, 0) is 4.74 Å². The van der Waals surface area contributed by atoms with Crippen molar-refractivity contribution < 1.29 is 14.7 Å². The minimum absolute atomic E-state index is 0.274. The van der Waals surface area contributed by atoms with Crippen LogP contribution in [0, 0.1) is 0 Å². The van der Waals surface area contributed by atoms with Crippen molar-refractivity contribution in [3.63, 3.8) is 0 Å². The maximum absolute atomic E-state index is 12.0. The largest absolute Gasteiger partial charge is 0.444 e. The number of amides is 1. The van der Waals surface area contributed by atoms with Crippen LogP contribution in [0.2, 0.25) is 0 Å². The molecule has 5 nitrogen and oxygen atoms in total. The summed E-state index contributed by atoms with van der Waals surface area (Å²) in [5, 5.41) is 8.94. The number of rotatable bonds is 2. The van der Waals surface area contributed by atoms with E-state index >= 15 is 0 Å². The van der Waals surface area contributed by atoms with Crippen molar-refractivity contribution >= 4 is 17.4 Å². The molecule has 0 fully saturated rings. The van der Waals surface area contributed by atoms with E-state index in [-0.39, 0.29) is 6.09 Å². The Morgan fingerprint density at radius 2 is 2.14 bits per heavy atom. The van der Waals surface area contributed by atoms with Gasteiger partial charge in [0.1, 0.15) is 5.60 Å². The van der Waals surface area contributed by atoms with Crippen LogP contribution in [0.25, 0.3) is 5.57 Å². The molecule has 0 unspecified atom stereocenters. The molecule has 0 saturated carbocycles. The zero-order valence-corrected chi connectivity index (χ0v) is 12.7. The fourth-order valence-electron chi connectivity index (χ4n) is 2.21. The first-order valence-electron chi connectivity index (χ1n) is 7.06. The van der Waals surface area contributed by atoms with Crippen LogP contribution in [0.1, 0.15) is 32.8 Å². The smallest absolute Gasteiger partial charge is 0.410 e. The van der Waals surface area contributed by atoms with Gasteiger partial charge in [-0.25, -0.2) is 4.79 Å². The fourth-order valence-corrected chi connectivity index (χ4v) is 2.21. The molecule has 0 bridgehead atoms. The van der Waals surface area contributed by atoms with Gasteiger partial charge >= 0.3 is 6.09 Å². The minimum Gasteiger partial charge on any atom is -0.444 e. The molecule has 2 rings (SSSR count). The second kappa shape index (κ2) is 6.18. The lowest BCUT2D eigenvalue weighted by Crippen LogP contribution is -2.39. The topological polar surface area (TPSA) is 61.8 Å². The van der Waals surface area contributed by atoms with E-state index in [0.717, 1.165) is 12.0 Å². The summed E-state index contributed by atoms with van der Waals surface area (Å²) in [5.74, 6) is 0. The van der Waals surface area contributed by atoms with Gasteiger partial charge in [0.25, 0.3) is 0 Å². The second-order valence-electron chi connectivity index (χ2n) is 6.10. The van der Waals surface area contributed by atoms with Gasteiger partial charge in [-0.3, -0.25) is 10.7 Å². The molecule has 0 aliphatic carbocycles. The number of anilines is 1. The molecule has 114 valence electrons. The lowest BCUT2D eigenvalue weighted by atomic mass is 9.99. The van der Waals surface area contributed by atoms with Gasteiger partial charge in [0.05, 0.1) is 5.69 Å². The standard InChI is InChI=1S/C16H22N2O3/c1-16(2,3)21-15(19)18-9-7-12(8-10-18)13-5-4-6-14(11-13)17-20/h4-7,11,17,20H,8-10H2,1-3H3.